The number of allylic oxidation sites excluding steroid dienone is 2. The number of carbonyl (C=O) groups excluding carboxylic acids is 1. The third kappa shape index (κ3) is 2.37. The van der Waals surface area contributed by atoms with Crippen LogP contribution >= 0.6 is 0 Å². The Morgan fingerprint density at radius 3 is 2.64 bits per heavy atom. The molecule has 0 radical (unpaired) electrons. The molecule has 1 aliphatic rings. The van der Waals surface area contributed by atoms with Crippen LogP contribution in [0.3, 0.4) is 0 Å². The Balaban J connectivity index is 2.73. The van der Waals surface area contributed by atoms with Crippen LogP contribution in [0, 0.1) is 11.8 Å². The lowest BCUT2D eigenvalue weighted by molar-refractivity contribution is -0.141. The molecule has 0 aliphatic heterocycles. The van der Waals surface area contributed by atoms with Gasteiger partial charge < -0.3 is 4.74 Å². The van der Waals surface area contributed by atoms with Crippen LogP contribution in [0.15, 0.2) is 11.1 Å². The molecular formula is C12H20O2. The largest absolute Gasteiger partial charge is 0.469 e. The van der Waals surface area contributed by atoms with E-state index in [9.17, 15) is 4.79 Å². The normalized spacial score (nSPS) is 26.4. The molecule has 0 aromatic heterocycles. The number of rotatable bonds is 2. The molecule has 80 valence electrons. The summed E-state index contributed by atoms with van der Waals surface area (Å²) in [6.07, 6.45) is 2.92. The van der Waals surface area contributed by atoms with Crippen molar-refractivity contribution >= 4 is 5.97 Å². The Morgan fingerprint density at radius 1 is 1.50 bits per heavy atom. The maximum absolute atomic E-state index is 11.2. The van der Waals surface area contributed by atoms with Gasteiger partial charge in [-0.05, 0) is 38.5 Å². The highest BCUT2D eigenvalue weighted by molar-refractivity contribution is 5.70. The van der Waals surface area contributed by atoms with E-state index in [4.69, 9.17) is 4.74 Å². The summed E-state index contributed by atoms with van der Waals surface area (Å²) in [6, 6.07) is 0. The highest BCUT2D eigenvalue weighted by atomic mass is 16.5. The molecule has 1 rings (SSSR count). The van der Waals surface area contributed by atoms with Crippen molar-refractivity contribution in [2.45, 2.75) is 40.0 Å². The molecule has 2 nitrogen and oxygen atoms in total. The molecule has 0 saturated heterocycles. The maximum atomic E-state index is 11.2. The van der Waals surface area contributed by atoms with Crippen LogP contribution in [0.2, 0.25) is 0 Å². The van der Waals surface area contributed by atoms with Gasteiger partial charge in [-0.2, -0.15) is 0 Å². The molecule has 14 heavy (non-hydrogen) atoms. The minimum absolute atomic E-state index is 0.0810. The topological polar surface area (TPSA) is 26.3 Å². The summed E-state index contributed by atoms with van der Waals surface area (Å²) >= 11 is 0. The average molecular weight is 196 g/mol. The van der Waals surface area contributed by atoms with Crippen LogP contribution in [0.4, 0.5) is 0 Å². The summed E-state index contributed by atoms with van der Waals surface area (Å²) in [4.78, 5) is 11.2. The highest BCUT2D eigenvalue weighted by Crippen LogP contribution is 2.40. The lowest BCUT2D eigenvalue weighted by atomic mass is 9.89. The molecule has 0 N–H and O–H groups in total. The summed E-state index contributed by atoms with van der Waals surface area (Å²) < 4.78 is 4.73. The number of methoxy groups -OCH3 is 1. The number of hydrogen-bond donors (Lipinski definition) is 0. The van der Waals surface area contributed by atoms with Gasteiger partial charge in [-0.25, -0.2) is 0 Å². The first-order valence-electron chi connectivity index (χ1n) is 5.29. The molecule has 1 fully saturated rings. The summed E-state index contributed by atoms with van der Waals surface area (Å²) in [5.74, 6) is 0.967. The fourth-order valence-corrected chi connectivity index (χ4v) is 2.32. The zero-order chi connectivity index (χ0) is 10.7. The van der Waals surface area contributed by atoms with Crippen LogP contribution < -0.4 is 0 Å². The Hall–Kier alpha value is -0.790. The van der Waals surface area contributed by atoms with Crippen LogP contribution in [-0.4, -0.2) is 13.1 Å². The first-order chi connectivity index (χ1) is 6.56. The van der Waals surface area contributed by atoms with E-state index in [2.05, 4.69) is 20.8 Å². The average Bonchev–Trinajstić information content (AvgIpc) is 2.48. The summed E-state index contributed by atoms with van der Waals surface area (Å²) in [7, 11) is 1.46. The summed E-state index contributed by atoms with van der Waals surface area (Å²) in [5.41, 5.74) is 2.85. The molecule has 0 amide bonds. The minimum atomic E-state index is -0.0810. The molecule has 1 aliphatic carbocycles. The van der Waals surface area contributed by atoms with Gasteiger partial charge in [-0.3, -0.25) is 4.79 Å². The second kappa shape index (κ2) is 4.63. The Bertz CT molecular complexity index is 249. The van der Waals surface area contributed by atoms with Gasteiger partial charge in [0.25, 0.3) is 0 Å². The maximum Gasteiger partial charge on any atom is 0.306 e. The van der Waals surface area contributed by atoms with Crippen molar-refractivity contribution in [2.75, 3.05) is 7.11 Å². The first-order valence-corrected chi connectivity index (χ1v) is 5.29. The predicted molar refractivity (Wildman–Crippen MR) is 56.9 cm³/mol. The first kappa shape index (κ1) is 11.3. The van der Waals surface area contributed by atoms with E-state index >= 15 is 0 Å². The molecule has 0 aromatic carbocycles. The standard InChI is InChI=1S/C12H20O2/c1-8(2)10-6-5-9(3)11(10)7-12(13)14-4/h9,11H,5-7H2,1-4H3/t9-,11+/m0/s1. The van der Waals surface area contributed by atoms with Crippen molar-refractivity contribution in [3.8, 4) is 0 Å². The zero-order valence-electron chi connectivity index (χ0n) is 9.59. The van der Waals surface area contributed by atoms with Crippen molar-refractivity contribution in [1.82, 2.24) is 0 Å². The zero-order valence-corrected chi connectivity index (χ0v) is 9.59. The second-order valence-corrected chi connectivity index (χ2v) is 4.43. The van der Waals surface area contributed by atoms with Gasteiger partial charge in [0.05, 0.1) is 13.5 Å². The molecule has 0 spiro atoms. The summed E-state index contributed by atoms with van der Waals surface area (Å²) in [6.45, 7) is 6.50. The molecule has 2 atom stereocenters. The predicted octanol–water partition coefficient (Wildman–Crippen LogP) is 2.93. The van der Waals surface area contributed by atoms with Gasteiger partial charge >= 0.3 is 5.97 Å². The van der Waals surface area contributed by atoms with E-state index in [1.54, 1.807) is 0 Å². The Kier molecular flexibility index (Phi) is 3.73. The lowest BCUT2D eigenvalue weighted by Gasteiger charge is -2.16. The van der Waals surface area contributed by atoms with Crippen LogP contribution in [0.25, 0.3) is 0 Å². The van der Waals surface area contributed by atoms with Gasteiger partial charge in [0.1, 0.15) is 0 Å². The highest BCUT2D eigenvalue weighted by Gasteiger charge is 2.30. The van der Waals surface area contributed by atoms with Crippen molar-refractivity contribution < 1.29 is 9.53 Å². The number of carbonyl (C=O) groups is 1. The van der Waals surface area contributed by atoms with Crippen molar-refractivity contribution in [1.29, 1.82) is 0 Å². The third-order valence-electron chi connectivity index (χ3n) is 3.26. The molecule has 0 aromatic rings. The van der Waals surface area contributed by atoms with Gasteiger partial charge in [0.15, 0.2) is 0 Å². The fourth-order valence-electron chi connectivity index (χ4n) is 2.32. The van der Waals surface area contributed by atoms with Crippen molar-refractivity contribution in [3.05, 3.63) is 11.1 Å². The number of esters is 1. The monoisotopic (exact) mass is 196 g/mol. The smallest absolute Gasteiger partial charge is 0.306 e. The van der Waals surface area contributed by atoms with Crippen LogP contribution in [0.5, 0.6) is 0 Å². The lowest BCUT2D eigenvalue weighted by Crippen LogP contribution is -2.14. The molecule has 0 heterocycles. The quantitative estimate of drug-likeness (QED) is 0.501. The van der Waals surface area contributed by atoms with Crippen molar-refractivity contribution in [2.24, 2.45) is 11.8 Å². The third-order valence-corrected chi connectivity index (χ3v) is 3.26. The van der Waals surface area contributed by atoms with Crippen LogP contribution in [0.1, 0.15) is 40.0 Å². The number of hydrogen-bond acceptors (Lipinski definition) is 2. The molecule has 0 unspecified atom stereocenters. The van der Waals surface area contributed by atoms with Gasteiger partial charge in [0.2, 0.25) is 0 Å². The fraction of sp³-hybridized carbons (Fsp3) is 0.750. The van der Waals surface area contributed by atoms with Gasteiger partial charge in [0, 0.05) is 0 Å². The molecular weight excluding hydrogens is 176 g/mol. The van der Waals surface area contributed by atoms with E-state index in [1.807, 2.05) is 0 Å². The van der Waals surface area contributed by atoms with Crippen molar-refractivity contribution in [3.63, 3.8) is 0 Å². The van der Waals surface area contributed by atoms with E-state index in [0.29, 0.717) is 18.3 Å². The molecule has 1 saturated carbocycles. The second-order valence-electron chi connectivity index (χ2n) is 4.43. The van der Waals surface area contributed by atoms with E-state index in [1.165, 1.54) is 24.7 Å². The minimum Gasteiger partial charge on any atom is -0.469 e. The Labute approximate surface area is 86.3 Å². The van der Waals surface area contributed by atoms with E-state index in [0.717, 1.165) is 6.42 Å². The van der Waals surface area contributed by atoms with Gasteiger partial charge in [-0.15, -0.1) is 0 Å². The molecule has 0 bridgehead atoms. The van der Waals surface area contributed by atoms with E-state index in [-0.39, 0.29) is 5.97 Å². The number of ether oxygens (including phenoxy) is 1. The van der Waals surface area contributed by atoms with Crippen LogP contribution in [-0.2, 0) is 9.53 Å². The van der Waals surface area contributed by atoms with Gasteiger partial charge in [-0.1, -0.05) is 18.1 Å². The SMILES string of the molecule is COC(=O)C[C@H]1C(=C(C)C)CC[C@@H]1C. The van der Waals surface area contributed by atoms with E-state index < -0.39 is 0 Å². The Morgan fingerprint density at radius 2 is 2.14 bits per heavy atom. The summed E-state index contributed by atoms with van der Waals surface area (Å²) in [5, 5.41) is 0. The molecule has 2 heteroatoms.